The van der Waals surface area contributed by atoms with Gasteiger partial charge >= 0.3 is 0 Å². The molecule has 2 aromatic rings. The van der Waals surface area contributed by atoms with E-state index in [1.165, 1.54) is 0 Å². The minimum Gasteiger partial charge on any atom is -0.467 e. The van der Waals surface area contributed by atoms with Gasteiger partial charge in [-0.2, -0.15) is 0 Å². The van der Waals surface area contributed by atoms with Crippen LogP contribution in [0.15, 0.2) is 53.1 Å². The van der Waals surface area contributed by atoms with E-state index in [-0.39, 0.29) is 5.91 Å². The lowest BCUT2D eigenvalue weighted by Gasteiger charge is -2.12. The van der Waals surface area contributed by atoms with E-state index in [9.17, 15) is 4.79 Å². The molecule has 0 saturated heterocycles. The van der Waals surface area contributed by atoms with Crippen LogP contribution in [0.25, 0.3) is 0 Å². The van der Waals surface area contributed by atoms with Gasteiger partial charge in [0.25, 0.3) is 0 Å². The molecule has 5 heteroatoms. The van der Waals surface area contributed by atoms with Crippen LogP contribution >= 0.6 is 0 Å². The Bertz CT molecular complexity index is 526. The van der Waals surface area contributed by atoms with Gasteiger partial charge in [-0.25, -0.2) is 0 Å². The lowest BCUT2D eigenvalue weighted by molar-refractivity contribution is -0.122. The molecule has 0 aliphatic rings. The molecule has 0 spiro atoms. The molecule has 1 unspecified atom stereocenters. The van der Waals surface area contributed by atoms with Gasteiger partial charge in [0.05, 0.1) is 6.26 Å². The summed E-state index contributed by atoms with van der Waals surface area (Å²) in [4.78, 5) is 11.9. The van der Waals surface area contributed by atoms with Crippen LogP contribution in [0.1, 0.15) is 23.8 Å². The number of hydrogen-bond acceptors (Lipinski definition) is 4. The van der Waals surface area contributed by atoms with Crippen molar-refractivity contribution in [3.05, 3.63) is 60.1 Å². The highest BCUT2D eigenvalue weighted by atomic mass is 16.5. The van der Waals surface area contributed by atoms with Gasteiger partial charge in [0.2, 0.25) is 5.91 Å². The summed E-state index contributed by atoms with van der Waals surface area (Å²) in [6.45, 7) is 1.55. The zero-order chi connectivity index (χ0) is 14.9. The Balaban J connectivity index is 1.59. The Labute approximate surface area is 124 Å². The molecule has 1 aromatic heterocycles. The molecule has 3 N–H and O–H groups in total. The van der Waals surface area contributed by atoms with E-state index in [1.54, 1.807) is 6.26 Å². The maximum Gasteiger partial charge on any atom is 0.241 e. The third-order valence-corrected chi connectivity index (χ3v) is 3.03. The van der Waals surface area contributed by atoms with E-state index in [2.05, 4.69) is 5.32 Å². The monoisotopic (exact) mass is 288 g/mol. The van der Waals surface area contributed by atoms with Crippen LogP contribution in [0.4, 0.5) is 0 Å². The molecular weight excluding hydrogens is 268 g/mol. The Morgan fingerprint density at radius 2 is 2.05 bits per heavy atom. The number of rotatable bonds is 8. The number of furan rings is 1. The summed E-state index contributed by atoms with van der Waals surface area (Å²) < 4.78 is 10.6. The van der Waals surface area contributed by atoms with Crippen molar-refractivity contribution in [1.29, 1.82) is 0 Å². The SMILES string of the molecule is NC(C(=O)NCCCOCc1ccco1)c1ccccc1. The van der Waals surface area contributed by atoms with Crippen molar-refractivity contribution in [2.24, 2.45) is 5.73 Å². The van der Waals surface area contributed by atoms with E-state index in [1.807, 2.05) is 42.5 Å². The molecule has 0 radical (unpaired) electrons. The summed E-state index contributed by atoms with van der Waals surface area (Å²) in [6.07, 6.45) is 2.35. The predicted octanol–water partition coefficient (Wildman–Crippen LogP) is 2.00. The van der Waals surface area contributed by atoms with Gasteiger partial charge in [-0.1, -0.05) is 30.3 Å². The summed E-state index contributed by atoms with van der Waals surface area (Å²) in [5.41, 5.74) is 6.70. The van der Waals surface area contributed by atoms with Gasteiger partial charge in [-0.15, -0.1) is 0 Å². The first-order valence-electron chi connectivity index (χ1n) is 6.96. The van der Waals surface area contributed by atoms with Crippen LogP contribution < -0.4 is 11.1 Å². The molecule has 1 aromatic carbocycles. The Morgan fingerprint density at radius 1 is 1.24 bits per heavy atom. The second kappa shape index (κ2) is 8.24. The third kappa shape index (κ3) is 5.06. The van der Waals surface area contributed by atoms with Crippen molar-refractivity contribution in [3.63, 3.8) is 0 Å². The lowest BCUT2D eigenvalue weighted by Crippen LogP contribution is -2.34. The van der Waals surface area contributed by atoms with Crippen LogP contribution in [0.5, 0.6) is 0 Å². The maximum atomic E-state index is 11.9. The first-order chi connectivity index (χ1) is 10.3. The molecule has 1 heterocycles. The molecule has 0 aliphatic heterocycles. The number of benzene rings is 1. The number of nitrogens with two attached hydrogens (primary N) is 1. The van der Waals surface area contributed by atoms with Crippen LogP contribution in [0.3, 0.4) is 0 Å². The number of ether oxygens (including phenoxy) is 1. The topological polar surface area (TPSA) is 77.5 Å². The van der Waals surface area contributed by atoms with Gasteiger partial charge in [0.1, 0.15) is 18.4 Å². The standard InChI is InChI=1S/C16H20N2O3/c17-15(13-6-2-1-3-7-13)16(19)18-9-5-10-20-12-14-8-4-11-21-14/h1-4,6-8,11,15H,5,9-10,12,17H2,(H,18,19). The zero-order valence-corrected chi connectivity index (χ0v) is 11.8. The lowest BCUT2D eigenvalue weighted by atomic mass is 10.1. The molecule has 1 atom stereocenters. The molecule has 2 rings (SSSR count). The fourth-order valence-electron chi connectivity index (χ4n) is 1.87. The summed E-state index contributed by atoms with van der Waals surface area (Å²) in [6, 6.07) is 12.4. The first-order valence-corrected chi connectivity index (χ1v) is 6.96. The minimum absolute atomic E-state index is 0.174. The maximum absolute atomic E-state index is 11.9. The Kier molecular flexibility index (Phi) is 5.99. The van der Waals surface area contributed by atoms with Crippen LogP contribution in [0, 0.1) is 0 Å². The summed E-state index contributed by atoms with van der Waals surface area (Å²) in [7, 11) is 0. The van der Waals surface area contributed by atoms with Gasteiger partial charge in [-0.05, 0) is 24.1 Å². The molecule has 21 heavy (non-hydrogen) atoms. The zero-order valence-electron chi connectivity index (χ0n) is 11.8. The number of nitrogens with one attached hydrogen (secondary N) is 1. The first kappa shape index (κ1) is 15.3. The molecule has 112 valence electrons. The smallest absolute Gasteiger partial charge is 0.241 e. The minimum atomic E-state index is -0.629. The third-order valence-electron chi connectivity index (χ3n) is 3.03. The fraction of sp³-hybridized carbons (Fsp3) is 0.312. The van der Waals surface area contributed by atoms with Crippen LogP contribution in [-0.4, -0.2) is 19.1 Å². The van der Waals surface area contributed by atoms with E-state index >= 15 is 0 Å². The number of carbonyl (C=O) groups excluding carboxylic acids is 1. The average molecular weight is 288 g/mol. The quantitative estimate of drug-likeness (QED) is 0.728. The van der Waals surface area contributed by atoms with Gasteiger partial charge in [0, 0.05) is 13.2 Å². The Hall–Kier alpha value is -2.11. The number of amides is 1. The highest BCUT2D eigenvalue weighted by molar-refractivity contribution is 5.82. The summed E-state index contributed by atoms with van der Waals surface area (Å²) in [5, 5.41) is 2.81. The average Bonchev–Trinajstić information content (AvgIpc) is 3.04. The molecule has 0 bridgehead atoms. The largest absolute Gasteiger partial charge is 0.467 e. The van der Waals surface area contributed by atoms with Gasteiger partial charge < -0.3 is 20.2 Å². The van der Waals surface area contributed by atoms with Crippen molar-refractivity contribution in [2.45, 2.75) is 19.1 Å². The van der Waals surface area contributed by atoms with Crippen molar-refractivity contribution < 1.29 is 13.9 Å². The number of hydrogen-bond donors (Lipinski definition) is 2. The normalized spacial score (nSPS) is 12.0. The second-order valence-corrected chi connectivity index (χ2v) is 4.66. The second-order valence-electron chi connectivity index (χ2n) is 4.66. The van der Waals surface area contributed by atoms with Crippen molar-refractivity contribution in [1.82, 2.24) is 5.32 Å². The number of carbonyl (C=O) groups is 1. The van der Waals surface area contributed by atoms with Crippen molar-refractivity contribution >= 4 is 5.91 Å². The van der Waals surface area contributed by atoms with E-state index in [4.69, 9.17) is 14.9 Å². The molecule has 1 amide bonds. The van der Waals surface area contributed by atoms with E-state index < -0.39 is 6.04 Å². The summed E-state index contributed by atoms with van der Waals surface area (Å²) >= 11 is 0. The summed E-state index contributed by atoms with van der Waals surface area (Å²) in [5.74, 6) is 0.623. The van der Waals surface area contributed by atoms with Crippen LogP contribution in [-0.2, 0) is 16.1 Å². The fourth-order valence-corrected chi connectivity index (χ4v) is 1.87. The molecular formula is C16H20N2O3. The molecule has 5 nitrogen and oxygen atoms in total. The van der Waals surface area contributed by atoms with Crippen molar-refractivity contribution in [2.75, 3.05) is 13.2 Å². The van der Waals surface area contributed by atoms with E-state index in [0.29, 0.717) is 19.8 Å². The molecule has 0 aliphatic carbocycles. The highest BCUT2D eigenvalue weighted by Gasteiger charge is 2.14. The van der Waals surface area contributed by atoms with Gasteiger partial charge in [0.15, 0.2) is 0 Å². The molecule has 0 saturated carbocycles. The van der Waals surface area contributed by atoms with Crippen LogP contribution in [0.2, 0.25) is 0 Å². The van der Waals surface area contributed by atoms with E-state index in [0.717, 1.165) is 17.7 Å². The highest BCUT2D eigenvalue weighted by Crippen LogP contribution is 2.09. The Morgan fingerprint density at radius 3 is 2.76 bits per heavy atom. The molecule has 0 fully saturated rings. The van der Waals surface area contributed by atoms with Crippen molar-refractivity contribution in [3.8, 4) is 0 Å². The predicted molar refractivity (Wildman–Crippen MR) is 79.4 cm³/mol. The van der Waals surface area contributed by atoms with Gasteiger partial charge in [-0.3, -0.25) is 4.79 Å².